The first kappa shape index (κ1) is 15.5. The first-order chi connectivity index (χ1) is 10.1. The highest BCUT2D eigenvalue weighted by molar-refractivity contribution is 6.34. The van der Waals surface area contributed by atoms with Crippen molar-refractivity contribution in [2.75, 3.05) is 30.9 Å². The number of hydrogen-bond acceptors (Lipinski definition) is 3. The van der Waals surface area contributed by atoms with Crippen molar-refractivity contribution in [2.24, 2.45) is 0 Å². The topological polar surface area (TPSA) is 24.5 Å². The molecule has 0 radical (unpaired) electrons. The highest BCUT2D eigenvalue weighted by Crippen LogP contribution is 2.33. The molecule has 4 heteroatoms. The number of rotatable bonds is 6. The Hall–Kier alpha value is -1.87. The van der Waals surface area contributed by atoms with Crippen molar-refractivity contribution in [1.29, 1.82) is 0 Å². The predicted molar refractivity (Wildman–Crippen MR) is 90.7 cm³/mol. The Morgan fingerprint density at radius 1 is 1.10 bits per heavy atom. The average Bonchev–Trinajstić information content (AvgIpc) is 2.46. The van der Waals surface area contributed by atoms with Gasteiger partial charge in [-0.25, -0.2) is 0 Å². The van der Waals surface area contributed by atoms with Gasteiger partial charge in [-0.2, -0.15) is 0 Å². The zero-order chi connectivity index (χ0) is 15.2. The maximum absolute atomic E-state index is 6.28. The predicted octanol–water partition coefficient (Wildman–Crippen LogP) is 4.42. The van der Waals surface area contributed by atoms with Crippen LogP contribution in [-0.2, 0) is 6.54 Å². The van der Waals surface area contributed by atoms with Crippen LogP contribution in [0.3, 0.4) is 0 Å². The van der Waals surface area contributed by atoms with Gasteiger partial charge in [0.15, 0.2) is 0 Å². The van der Waals surface area contributed by atoms with E-state index >= 15 is 0 Å². The number of halogens is 1. The van der Waals surface area contributed by atoms with E-state index in [4.69, 9.17) is 16.3 Å². The highest BCUT2D eigenvalue weighted by atomic mass is 35.5. The van der Waals surface area contributed by atoms with Crippen LogP contribution in [0.25, 0.3) is 0 Å². The summed E-state index contributed by atoms with van der Waals surface area (Å²) in [5.41, 5.74) is 3.14. The quantitative estimate of drug-likeness (QED) is 0.855. The van der Waals surface area contributed by atoms with Gasteiger partial charge in [-0.1, -0.05) is 35.9 Å². The van der Waals surface area contributed by atoms with Gasteiger partial charge < -0.3 is 15.0 Å². The van der Waals surface area contributed by atoms with Gasteiger partial charge in [-0.3, -0.25) is 0 Å². The Morgan fingerprint density at radius 3 is 2.57 bits per heavy atom. The molecule has 112 valence electrons. The number of nitrogens with one attached hydrogen (secondary N) is 1. The third kappa shape index (κ3) is 3.82. The van der Waals surface area contributed by atoms with E-state index < -0.39 is 0 Å². The van der Waals surface area contributed by atoms with Crippen molar-refractivity contribution in [2.45, 2.75) is 13.5 Å². The van der Waals surface area contributed by atoms with Crippen molar-refractivity contribution >= 4 is 23.0 Å². The smallest absolute Gasteiger partial charge is 0.124 e. The molecule has 0 heterocycles. The van der Waals surface area contributed by atoms with Crippen LogP contribution < -0.4 is 15.0 Å². The summed E-state index contributed by atoms with van der Waals surface area (Å²) in [4.78, 5) is 2.01. The minimum atomic E-state index is 0.664. The minimum Gasteiger partial charge on any atom is -0.494 e. The molecule has 2 aromatic rings. The van der Waals surface area contributed by atoms with Crippen LogP contribution in [0.1, 0.15) is 12.5 Å². The van der Waals surface area contributed by atoms with Crippen LogP contribution >= 0.6 is 11.6 Å². The standard InChI is InChI=1S/C17H21ClN2O/c1-4-21-16-11-6-5-8-13(16)12-19-15-10-7-9-14(18)17(15)20(2)3/h5-11,19H,4,12H2,1-3H3. The van der Waals surface area contributed by atoms with Crippen LogP contribution in [0.15, 0.2) is 42.5 Å². The molecule has 3 nitrogen and oxygen atoms in total. The molecule has 0 aliphatic heterocycles. The second kappa shape index (κ2) is 7.23. The van der Waals surface area contributed by atoms with Crippen LogP contribution in [0.5, 0.6) is 5.75 Å². The van der Waals surface area contributed by atoms with Gasteiger partial charge in [-0.15, -0.1) is 0 Å². The van der Waals surface area contributed by atoms with Gasteiger partial charge in [0.05, 0.1) is 23.0 Å². The molecule has 2 rings (SSSR count). The van der Waals surface area contributed by atoms with Gasteiger partial charge in [-0.05, 0) is 25.1 Å². The fourth-order valence-corrected chi connectivity index (χ4v) is 2.59. The summed E-state index contributed by atoms with van der Waals surface area (Å²) in [5, 5.41) is 4.18. The molecule has 0 aromatic heterocycles. The van der Waals surface area contributed by atoms with Crippen LogP contribution in [0.2, 0.25) is 5.02 Å². The number of benzene rings is 2. The molecule has 0 saturated carbocycles. The minimum absolute atomic E-state index is 0.664. The molecule has 0 saturated heterocycles. The van der Waals surface area contributed by atoms with Gasteiger partial charge in [0.2, 0.25) is 0 Å². The van der Waals surface area contributed by atoms with E-state index in [1.165, 1.54) is 0 Å². The summed E-state index contributed by atoms with van der Waals surface area (Å²) >= 11 is 6.28. The molecule has 0 spiro atoms. The van der Waals surface area contributed by atoms with Crippen molar-refractivity contribution in [3.63, 3.8) is 0 Å². The Balaban J connectivity index is 2.19. The second-order valence-electron chi connectivity index (χ2n) is 4.92. The molecular formula is C17H21ClN2O. The summed E-state index contributed by atoms with van der Waals surface area (Å²) in [6.45, 7) is 3.35. The third-order valence-corrected chi connectivity index (χ3v) is 3.48. The van der Waals surface area contributed by atoms with E-state index in [0.29, 0.717) is 13.2 Å². The maximum Gasteiger partial charge on any atom is 0.124 e. The normalized spacial score (nSPS) is 10.3. The number of anilines is 2. The Bertz CT molecular complexity index is 599. The van der Waals surface area contributed by atoms with E-state index in [-0.39, 0.29) is 0 Å². The molecule has 0 bridgehead atoms. The van der Waals surface area contributed by atoms with Crippen molar-refractivity contribution in [3.8, 4) is 5.75 Å². The number of para-hydroxylation sites is 2. The highest BCUT2D eigenvalue weighted by Gasteiger charge is 2.09. The van der Waals surface area contributed by atoms with Gasteiger partial charge in [0.1, 0.15) is 5.75 Å². The molecule has 0 amide bonds. The van der Waals surface area contributed by atoms with Crippen molar-refractivity contribution < 1.29 is 4.74 Å². The molecule has 0 fully saturated rings. The number of hydrogen-bond donors (Lipinski definition) is 1. The largest absolute Gasteiger partial charge is 0.494 e. The molecule has 0 aliphatic carbocycles. The lowest BCUT2D eigenvalue weighted by Crippen LogP contribution is -2.13. The number of ether oxygens (including phenoxy) is 1. The fraction of sp³-hybridized carbons (Fsp3) is 0.294. The third-order valence-electron chi connectivity index (χ3n) is 3.18. The Labute approximate surface area is 131 Å². The Morgan fingerprint density at radius 2 is 1.86 bits per heavy atom. The summed E-state index contributed by atoms with van der Waals surface area (Å²) in [6.07, 6.45) is 0. The lowest BCUT2D eigenvalue weighted by molar-refractivity contribution is 0.337. The summed E-state index contributed by atoms with van der Waals surface area (Å²) in [6, 6.07) is 13.9. The lowest BCUT2D eigenvalue weighted by atomic mass is 10.2. The molecule has 0 atom stereocenters. The van der Waals surface area contributed by atoms with E-state index in [1.54, 1.807) is 0 Å². The first-order valence-electron chi connectivity index (χ1n) is 7.04. The lowest BCUT2D eigenvalue weighted by Gasteiger charge is -2.20. The van der Waals surface area contributed by atoms with E-state index in [2.05, 4.69) is 11.4 Å². The zero-order valence-electron chi connectivity index (χ0n) is 12.7. The summed E-state index contributed by atoms with van der Waals surface area (Å²) < 4.78 is 5.65. The van der Waals surface area contributed by atoms with E-state index in [9.17, 15) is 0 Å². The van der Waals surface area contributed by atoms with Crippen LogP contribution in [-0.4, -0.2) is 20.7 Å². The zero-order valence-corrected chi connectivity index (χ0v) is 13.4. The number of nitrogens with zero attached hydrogens (tertiary/aromatic N) is 1. The molecule has 0 aliphatic rings. The Kier molecular flexibility index (Phi) is 5.34. The molecular weight excluding hydrogens is 284 g/mol. The monoisotopic (exact) mass is 304 g/mol. The summed E-state index contributed by atoms with van der Waals surface area (Å²) in [7, 11) is 3.97. The summed E-state index contributed by atoms with van der Waals surface area (Å²) in [5.74, 6) is 0.918. The molecule has 1 N–H and O–H groups in total. The van der Waals surface area contributed by atoms with E-state index in [0.717, 1.165) is 27.7 Å². The fourth-order valence-electron chi connectivity index (χ4n) is 2.25. The van der Waals surface area contributed by atoms with Crippen molar-refractivity contribution in [3.05, 3.63) is 53.1 Å². The SMILES string of the molecule is CCOc1ccccc1CNc1cccc(Cl)c1N(C)C. The molecule has 0 unspecified atom stereocenters. The van der Waals surface area contributed by atoms with Crippen LogP contribution in [0.4, 0.5) is 11.4 Å². The van der Waals surface area contributed by atoms with Gasteiger partial charge in [0.25, 0.3) is 0 Å². The van der Waals surface area contributed by atoms with Crippen LogP contribution in [0, 0.1) is 0 Å². The van der Waals surface area contributed by atoms with Gasteiger partial charge in [0, 0.05) is 26.2 Å². The second-order valence-corrected chi connectivity index (χ2v) is 5.33. The molecule has 2 aromatic carbocycles. The molecule has 21 heavy (non-hydrogen) atoms. The van der Waals surface area contributed by atoms with Crippen molar-refractivity contribution in [1.82, 2.24) is 0 Å². The maximum atomic E-state index is 6.28. The van der Waals surface area contributed by atoms with Gasteiger partial charge >= 0.3 is 0 Å². The van der Waals surface area contributed by atoms with E-state index in [1.807, 2.05) is 62.3 Å². The first-order valence-corrected chi connectivity index (χ1v) is 7.41. The average molecular weight is 305 g/mol.